The molecule has 0 saturated heterocycles. The molecule has 3 heterocycles. The van der Waals surface area contributed by atoms with Gasteiger partial charge in [-0.1, -0.05) is 48.5 Å². The molecule has 1 unspecified atom stereocenters. The van der Waals surface area contributed by atoms with E-state index in [-0.39, 0.29) is 5.44 Å². The van der Waals surface area contributed by atoms with Gasteiger partial charge in [-0.15, -0.1) is 0 Å². The number of benzene rings is 3. The minimum atomic E-state index is -4.54. The van der Waals surface area contributed by atoms with Crippen LogP contribution in [-0.4, -0.2) is 21.2 Å². The first-order valence-electron chi connectivity index (χ1n) is 12.3. The topological polar surface area (TPSA) is 47.8 Å². The summed E-state index contributed by atoms with van der Waals surface area (Å²) in [6.45, 7) is 3.48. The van der Waals surface area contributed by atoms with Crippen LogP contribution in [-0.2, 0) is 10.7 Å². The summed E-state index contributed by atoms with van der Waals surface area (Å²) in [5.41, 5.74) is 3.85. The summed E-state index contributed by atoms with van der Waals surface area (Å²) in [5, 5.41) is 2.61. The molecule has 0 N–H and O–H groups in total. The van der Waals surface area contributed by atoms with Crippen LogP contribution in [0.2, 0.25) is 0 Å². The van der Waals surface area contributed by atoms with E-state index in [9.17, 15) is 17.7 Å². The van der Waals surface area contributed by atoms with Crippen LogP contribution in [0.25, 0.3) is 38.8 Å². The highest BCUT2D eigenvalue weighted by Gasteiger charge is 2.33. The maximum atomic E-state index is 13.8. The zero-order chi connectivity index (χ0) is 27.4. The van der Waals surface area contributed by atoms with Gasteiger partial charge in [-0.25, -0.2) is 4.98 Å². The van der Waals surface area contributed by atoms with E-state index in [0.29, 0.717) is 5.30 Å². The maximum Gasteiger partial charge on any atom is 0.416 e. The number of para-hydroxylation sites is 1. The van der Waals surface area contributed by atoms with Gasteiger partial charge in [-0.2, -0.15) is 13.2 Å². The van der Waals surface area contributed by atoms with Crippen molar-refractivity contribution in [1.29, 1.82) is 0 Å². The predicted molar refractivity (Wildman–Crippen MR) is 151 cm³/mol. The van der Waals surface area contributed by atoms with Gasteiger partial charge in [0.1, 0.15) is 11.3 Å². The number of hydrogen-bond donors (Lipinski definition) is 0. The number of pyridine rings is 2. The first-order valence-corrected chi connectivity index (χ1v) is 14.5. The number of halogens is 3. The summed E-state index contributed by atoms with van der Waals surface area (Å²) in [6.07, 6.45) is -1.69. The first-order chi connectivity index (χ1) is 18.6. The second kappa shape index (κ2) is 9.21. The lowest BCUT2D eigenvalue weighted by atomic mass is 10.0. The van der Waals surface area contributed by atoms with Crippen molar-refractivity contribution in [2.45, 2.75) is 13.1 Å². The van der Waals surface area contributed by atoms with Crippen molar-refractivity contribution in [2.24, 2.45) is 0 Å². The van der Waals surface area contributed by atoms with Crippen LogP contribution in [0.3, 0.4) is 0 Å². The summed E-state index contributed by atoms with van der Waals surface area (Å²) in [7, 11) is -3.40. The molecule has 0 bridgehead atoms. The molecule has 0 fully saturated rings. The molecule has 3 aromatic heterocycles. The second-order valence-electron chi connectivity index (χ2n) is 9.65. The van der Waals surface area contributed by atoms with E-state index in [1.807, 2.05) is 43.3 Å². The minimum Gasteiger partial charge on any atom is -0.312 e. The lowest BCUT2D eigenvalue weighted by Gasteiger charge is -2.16. The van der Waals surface area contributed by atoms with Gasteiger partial charge in [0.05, 0.1) is 16.6 Å². The van der Waals surface area contributed by atoms with Gasteiger partial charge < -0.3 is 4.57 Å². The molecule has 0 aliphatic carbocycles. The Balaban J connectivity index is 1.50. The summed E-state index contributed by atoms with van der Waals surface area (Å²) in [4.78, 5) is 8.68. The average molecular weight is 542 g/mol. The molecule has 3 aromatic carbocycles. The number of aromatic nitrogens is 3. The number of fused-ring (bicyclic) bond motifs is 3. The molecule has 6 rings (SSSR count). The van der Waals surface area contributed by atoms with Gasteiger partial charge in [0.2, 0.25) is 0 Å². The molecule has 4 nitrogen and oxygen atoms in total. The minimum absolute atomic E-state index is 0.0735. The highest BCUT2D eigenvalue weighted by Crippen LogP contribution is 2.41. The summed E-state index contributed by atoms with van der Waals surface area (Å²) >= 11 is 0. The van der Waals surface area contributed by atoms with E-state index in [1.165, 1.54) is 6.66 Å². The molecule has 6 aromatic rings. The largest absolute Gasteiger partial charge is 0.416 e. The van der Waals surface area contributed by atoms with Crippen LogP contribution in [0.5, 0.6) is 0 Å². The standard InChI is InChI=1S/C31H23F3N3OP/c1-20-12-14-35-29(16-20)37-27-9-4-3-8-25(27)26-11-10-22(18-28(26)37)21-6-5-7-24(17-21)39(2,38)30-19-23(13-15-36-30)31(32,33)34/h3-19H,1-2H3. The fraction of sp³-hybridized carbons (Fsp3) is 0.0968. The van der Waals surface area contributed by atoms with Gasteiger partial charge in [0, 0.05) is 28.5 Å². The van der Waals surface area contributed by atoms with Crippen LogP contribution < -0.4 is 10.7 Å². The number of alkyl halides is 3. The van der Waals surface area contributed by atoms with Crippen LogP contribution >= 0.6 is 7.14 Å². The van der Waals surface area contributed by atoms with E-state index < -0.39 is 18.9 Å². The van der Waals surface area contributed by atoms with E-state index in [0.717, 1.165) is 62.6 Å². The van der Waals surface area contributed by atoms with Crippen molar-refractivity contribution >= 4 is 39.7 Å². The van der Waals surface area contributed by atoms with Crippen molar-refractivity contribution in [1.82, 2.24) is 14.5 Å². The van der Waals surface area contributed by atoms with Gasteiger partial charge in [0.15, 0.2) is 7.14 Å². The molecule has 194 valence electrons. The van der Waals surface area contributed by atoms with E-state index in [1.54, 1.807) is 24.4 Å². The van der Waals surface area contributed by atoms with Crippen molar-refractivity contribution < 1.29 is 17.7 Å². The fourth-order valence-electron chi connectivity index (χ4n) is 4.95. The Hall–Kier alpha value is -4.22. The monoisotopic (exact) mass is 541 g/mol. The maximum absolute atomic E-state index is 13.8. The molecule has 0 amide bonds. The van der Waals surface area contributed by atoms with Crippen molar-refractivity contribution in [3.8, 4) is 16.9 Å². The van der Waals surface area contributed by atoms with Crippen LogP contribution in [0.1, 0.15) is 11.1 Å². The Morgan fingerprint density at radius 3 is 2.28 bits per heavy atom. The molecule has 0 saturated carbocycles. The molecular weight excluding hydrogens is 518 g/mol. The lowest BCUT2D eigenvalue weighted by Crippen LogP contribution is -2.20. The molecular formula is C31H23F3N3OP. The van der Waals surface area contributed by atoms with Crippen LogP contribution in [0.15, 0.2) is 103 Å². The summed E-state index contributed by atoms with van der Waals surface area (Å²) in [6, 6.07) is 27.2. The van der Waals surface area contributed by atoms with Crippen molar-refractivity contribution in [3.63, 3.8) is 0 Å². The fourth-order valence-corrected chi connectivity index (χ4v) is 6.64. The van der Waals surface area contributed by atoms with Crippen molar-refractivity contribution in [3.05, 3.63) is 115 Å². The molecule has 0 aliphatic heterocycles. The quantitative estimate of drug-likeness (QED) is 0.217. The number of rotatable bonds is 4. The normalized spacial score (nSPS) is 13.6. The van der Waals surface area contributed by atoms with E-state index in [2.05, 4.69) is 38.8 Å². The van der Waals surface area contributed by atoms with Gasteiger partial charge in [-0.3, -0.25) is 9.55 Å². The second-order valence-corrected chi connectivity index (χ2v) is 12.5. The number of hydrogen-bond acceptors (Lipinski definition) is 3. The molecule has 0 spiro atoms. The van der Waals surface area contributed by atoms with Crippen LogP contribution in [0, 0.1) is 6.92 Å². The predicted octanol–water partition coefficient (Wildman–Crippen LogP) is 7.51. The Kier molecular flexibility index (Phi) is 5.92. The summed E-state index contributed by atoms with van der Waals surface area (Å²) in [5.74, 6) is 0.806. The number of aryl methyl sites for hydroxylation is 1. The Bertz CT molecular complexity index is 1930. The first kappa shape index (κ1) is 25.1. The molecule has 0 radical (unpaired) electrons. The average Bonchev–Trinajstić information content (AvgIpc) is 3.26. The smallest absolute Gasteiger partial charge is 0.312 e. The van der Waals surface area contributed by atoms with Crippen LogP contribution in [0.4, 0.5) is 13.2 Å². The van der Waals surface area contributed by atoms with E-state index in [4.69, 9.17) is 0 Å². The third-order valence-electron chi connectivity index (χ3n) is 6.99. The number of nitrogens with zero attached hydrogens (tertiary/aromatic N) is 3. The Morgan fingerprint density at radius 1 is 0.744 bits per heavy atom. The Morgan fingerprint density at radius 2 is 1.49 bits per heavy atom. The molecule has 1 atom stereocenters. The molecule has 0 aliphatic rings. The third kappa shape index (κ3) is 4.43. The zero-order valence-corrected chi connectivity index (χ0v) is 22.0. The summed E-state index contributed by atoms with van der Waals surface area (Å²) < 4.78 is 55.9. The van der Waals surface area contributed by atoms with Gasteiger partial charge in [0.25, 0.3) is 0 Å². The molecule has 39 heavy (non-hydrogen) atoms. The van der Waals surface area contributed by atoms with E-state index >= 15 is 0 Å². The Labute approximate surface area is 223 Å². The molecule has 8 heteroatoms. The highest BCUT2D eigenvalue weighted by molar-refractivity contribution is 7.77. The lowest BCUT2D eigenvalue weighted by molar-refractivity contribution is -0.137. The SMILES string of the molecule is Cc1ccnc(-n2c3ccccc3c3ccc(-c4cccc(P(C)(=O)c5cc(C(F)(F)F)ccn5)c4)cc32)c1. The highest BCUT2D eigenvalue weighted by atomic mass is 31.2. The van der Waals surface area contributed by atoms with Gasteiger partial charge >= 0.3 is 6.18 Å². The zero-order valence-electron chi connectivity index (χ0n) is 21.1. The van der Waals surface area contributed by atoms with Crippen molar-refractivity contribution in [2.75, 3.05) is 6.66 Å². The third-order valence-corrected chi connectivity index (χ3v) is 9.37. The van der Waals surface area contributed by atoms with Gasteiger partial charge in [-0.05, 0) is 72.7 Å².